The van der Waals surface area contributed by atoms with Crippen LogP contribution in [-0.4, -0.2) is 33.5 Å². The molecule has 0 bridgehead atoms. The third kappa shape index (κ3) is 4.24. The first-order valence-corrected chi connectivity index (χ1v) is 6.71. The zero-order valence-electron chi connectivity index (χ0n) is 12.3. The van der Waals surface area contributed by atoms with Gasteiger partial charge in [0.1, 0.15) is 17.7 Å². The first-order valence-electron chi connectivity index (χ1n) is 6.71. The SMILES string of the molecule is Cc1ncc(C(=O)NCC(C)Oc2cccnc2)c(C)n1. The molecule has 2 heterocycles. The van der Waals surface area contributed by atoms with Gasteiger partial charge in [-0.3, -0.25) is 9.78 Å². The number of aryl methyl sites for hydroxylation is 2. The van der Waals surface area contributed by atoms with Gasteiger partial charge in [0.2, 0.25) is 0 Å². The highest BCUT2D eigenvalue weighted by molar-refractivity contribution is 5.94. The maximum atomic E-state index is 12.1. The van der Waals surface area contributed by atoms with E-state index >= 15 is 0 Å². The number of amides is 1. The topological polar surface area (TPSA) is 77.0 Å². The lowest BCUT2D eigenvalue weighted by Gasteiger charge is -2.15. The molecule has 1 amide bonds. The fraction of sp³-hybridized carbons (Fsp3) is 0.333. The molecule has 110 valence electrons. The zero-order chi connectivity index (χ0) is 15.2. The van der Waals surface area contributed by atoms with Gasteiger partial charge < -0.3 is 10.1 Å². The van der Waals surface area contributed by atoms with E-state index in [1.54, 1.807) is 38.5 Å². The summed E-state index contributed by atoms with van der Waals surface area (Å²) in [7, 11) is 0. The van der Waals surface area contributed by atoms with Gasteiger partial charge in [-0.05, 0) is 32.9 Å². The summed E-state index contributed by atoms with van der Waals surface area (Å²) in [4.78, 5) is 24.3. The van der Waals surface area contributed by atoms with Crippen molar-refractivity contribution < 1.29 is 9.53 Å². The van der Waals surface area contributed by atoms with E-state index in [2.05, 4.69) is 20.3 Å². The normalized spacial score (nSPS) is 11.8. The number of rotatable bonds is 5. The Kier molecular flexibility index (Phi) is 4.81. The second kappa shape index (κ2) is 6.78. The van der Waals surface area contributed by atoms with Crippen LogP contribution in [0.2, 0.25) is 0 Å². The number of carbonyl (C=O) groups is 1. The number of aromatic nitrogens is 3. The standard InChI is InChI=1S/C15H18N4O2/c1-10(21-13-5-4-6-16-8-13)7-18-15(20)14-9-17-12(3)19-11(14)2/h4-6,8-10H,7H2,1-3H3,(H,18,20). The second-order valence-electron chi connectivity index (χ2n) is 4.74. The molecule has 0 fully saturated rings. The van der Waals surface area contributed by atoms with Crippen molar-refractivity contribution in [2.24, 2.45) is 0 Å². The van der Waals surface area contributed by atoms with Gasteiger partial charge in [0.25, 0.3) is 5.91 Å². The van der Waals surface area contributed by atoms with Crippen molar-refractivity contribution in [2.45, 2.75) is 26.9 Å². The molecule has 6 heteroatoms. The fourth-order valence-corrected chi connectivity index (χ4v) is 1.83. The number of carbonyl (C=O) groups excluding carboxylic acids is 1. The van der Waals surface area contributed by atoms with Crippen molar-refractivity contribution in [3.05, 3.63) is 47.8 Å². The summed E-state index contributed by atoms with van der Waals surface area (Å²) in [5.41, 5.74) is 1.15. The first kappa shape index (κ1) is 14.9. The zero-order valence-corrected chi connectivity index (χ0v) is 12.3. The Morgan fingerprint density at radius 1 is 1.38 bits per heavy atom. The Hall–Kier alpha value is -2.50. The minimum Gasteiger partial charge on any atom is -0.487 e. The van der Waals surface area contributed by atoms with Crippen molar-refractivity contribution in [3.63, 3.8) is 0 Å². The van der Waals surface area contributed by atoms with Crippen molar-refractivity contribution in [1.82, 2.24) is 20.3 Å². The number of hydrogen-bond acceptors (Lipinski definition) is 5. The molecule has 6 nitrogen and oxygen atoms in total. The smallest absolute Gasteiger partial charge is 0.254 e. The van der Waals surface area contributed by atoms with Gasteiger partial charge in [-0.15, -0.1) is 0 Å². The monoisotopic (exact) mass is 286 g/mol. The molecule has 1 unspecified atom stereocenters. The van der Waals surface area contributed by atoms with Crippen molar-refractivity contribution >= 4 is 5.91 Å². The summed E-state index contributed by atoms with van der Waals surface area (Å²) in [5.74, 6) is 1.13. The molecule has 0 saturated carbocycles. The van der Waals surface area contributed by atoms with Gasteiger partial charge in [0, 0.05) is 12.4 Å². The van der Waals surface area contributed by atoms with Crippen LogP contribution in [-0.2, 0) is 0 Å². The minimum absolute atomic E-state index is 0.162. The maximum Gasteiger partial charge on any atom is 0.254 e. The van der Waals surface area contributed by atoms with Gasteiger partial charge in [-0.1, -0.05) is 0 Å². The van der Waals surface area contributed by atoms with E-state index in [-0.39, 0.29) is 12.0 Å². The quantitative estimate of drug-likeness (QED) is 0.905. The average Bonchev–Trinajstić information content (AvgIpc) is 2.46. The molecule has 0 saturated heterocycles. The van der Waals surface area contributed by atoms with Crippen LogP contribution in [0.1, 0.15) is 28.8 Å². The number of pyridine rings is 1. The summed E-state index contributed by atoms with van der Waals surface area (Å²) < 4.78 is 5.64. The number of nitrogens with one attached hydrogen (secondary N) is 1. The number of nitrogens with zero attached hydrogens (tertiary/aromatic N) is 3. The predicted octanol–water partition coefficient (Wildman–Crippen LogP) is 1.69. The Labute approximate surface area is 123 Å². The van der Waals surface area contributed by atoms with E-state index in [0.717, 1.165) is 0 Å². The van der Waals surface area contributed by atoms with Crippen LogP contribution in [0.25, 0.3) is 0 Å². The molecule has 0 spiro atoms. The van der Waals surface area contributed by atoms with E-state index in [9.17, 15) is 4.79 Å². The van der Waals surface area contributed by atoms with E-state index < -0.39 is 0 Å². The minimum atomic E-state index is -0.200. The molecular weight excluding hydrogens is 268 g/mol. The lowest BCUT2D eigenvalue weighted by molar-refractivity contribution is 0.0930. The molecule has 2 aromatic rings. The summed E-state index contributed by atoms with van der Waals surface area (Å²) >= 11 is 0. The third-order valence-corrected chi connectivity index (χ3v) is 2.87. The summed E-state index contributed by atoms with van der Waals surface area (Å²) in [6.07, 6.45) is 4.69. The Balaban J connectivity index is 1.89. The highest BCUT2D eigenvalue weighted by Crippen LogP contribution is 2.09. The summed E-state index contributed by atoms with van der Waals surface area (Å²) in [6, 6.07) is 3.62. The van der Waals surface area contributed by atoms with Crippen LogP contribution in [0.5, 0.6) is 5.75 Å². The third-order valence-electron chi connectivity index (χ3n) is 2.87. The Morgan fingerprint density at radius 3 is 2.86 bits per heavy atom. The van der Waals surface area contributed by atoms with E-state index in [1.807, 2.05) is 13.0 Å². The molecule has 0 aliphatic heterocycles. The van der Waals surface area contributed by atoms with Crippen LogP contribution in [0.4, 0.5) is 0 Å². The van der Waals surface area contributed by atoms with E-state index in [4.69, 9.17) is 4.74 Å². The van der Waals surface area contributed by atoms with Crippen LogP contribution >= 0.6 is 0 Å². The molecule has 1 atom stereocenters. The van der Waals surface area contributed by atoms with Crippen LogP contribution in [0.15, 0.2) is 30.7 Å². The van der Waals surface area contributed by atoms with Crippen LogP contribution in [0, 0.1) is 13.8 Å². The lowest BCUT2D eigenvalue weighted by Crippen LogP contribution is -2.34. The number of hydrogen-bond donors (Lipinski definition) is 1. The van der Waals surface area contributed by atoms with Crippen LogP contribution in [0.3, 0.4) is 0 Å². The molecule has 2 aromatic heterocycles. The second-order valence-corrected chi connectivity index (χ2v) is 4.74. The van der Waals surface area contributed by atoms with E-state index in [0.29, 0.717) is 29.4 Å². The van der Waals surface area contributed by atoms with Gasteiger partial charge in [0.15, 0.2) is 0 Å². The molecule has 1 N–H and O–H groups in total. The van der Waals surface area contributed by atoms with Gasteiger partial charge in [0.05, 0.1) is 24.0 Å². The molecule has 21 heavy (non-hydrogen) atoms. The van der Waals surface area contributed by atoms with Crippen molar-refractivity contribution in [2.75, 3.05) is 6.54 Å². The van der Waals surface area contributed by atoms with Crippen molar-refractivity contribution in [1.29, 1.82) is 0 Å². The average molecular weight is 286 g/mol. The molecule has 0 aromatic carbocycles. The van der Waals surface area contributed by atoms with E-state index in [1.165, 1.54) is 0 Å². The Morgan fingerprint density at radius 2 is 2.19 bits per heavy atom. The Bertz CT molecular complexity index is 616. The fourth-order valence-electron chi connectivity index (χ4n) is 1.83. The highest BCUT2D eigenvalue weighted by Gasteiger charge is 2.12. The van der Waals surface area contributed by atoms with Gasteiger partial charge in [-0.25, -0.2) is 9.97 Å². The van der Waals surface area contributed by atoms with Crippen LogP contribution < -0.4 is 10.1 Å². The maximum absolute atomic E-state index is 12.1. The molecule has 0 radical (unpaired) electrons. The predicted molar refractivity (Wildman–Crippen MR) is 78.2 cm³/mol. The summed E-state index contributed by atoms with van der Waals surface area (Å²) in [5, 5.41) is 2.81. The number of ether oxygens (including phenoxy) is 1. The highest BCUT2D eigenvalue weighted by atomic mass is 16.5. The molecule has 2 rings (SSSR count). The van der Waals surface area contributed by atoms with Crippen molar-refractivity contribution in [3.8, 4) is 5.75 Å². The van der Waals surface area contributed by atoms with Gasteiger partial charge >= 0.3 is 0 Å². The van der Waals surface area contributed by atoms with Gasteiger partial charge in [-0.2, -0.15) is 0 Å². The lowest BCUT2D eigenvalue weighted by atomic mass is 10.2. The molecule has 0 aliphatic carbocycles. The molecule has 0 aliphatic rings. The largest absolute Gasteiger partial charge is 0.487 e. The first-order chi connectivity index (χ1) is 10.1. The molecular formula is C15H18N4O2. The summed E-state index contributed by atoms with van der Waals surface area (Å²) in [6.45, 7) is 5.85.